The Morgan fingerprint density at radius 3 is 2.59 bits per heavy atom. The first-order chi connectivity index (χ1) is 15.1. The van der Waals surface area contributed by atoms with Crippen molar-refractivity contribution >= 4 is 35.8 Å². The van der Waals surface area contributed by atoms with Crippen LogP contribution in [0.25, 0.3) is 0 Å². The Balaban J connectivity index is 1.73. The number of hydrogen-bond donors (Lipinski definition) is 1. The Morgan fingerprint density at radius 1 is 1.19 bits per heavy atom. The molecule has 2 aliphatic rings. The quantitative estimate of drug-likeness (QED) is 0.255. The van der Waals surface area contributed by atoms with Crippen molar-refractivity contribution < 1.29 is 18.7 Å². The lowest BCUT2D eigenvalue weighted by Crippen LogP contribution is -2.44. The molecule has 2 unspecified atom stereocenters. The highest BCUT2D eigenvalue weighted by Gasteiger charge is 2.44. The van der Waals surface area contributed by atoms with Crippen molar-refractivity contribution in [3.63, 3.8) is 0 Å². The van der Waals surface area contributed by atoms with Gasteiger partial charge in [-0.25, -0.2) is 0 Å². The molecule has 8 heteroatoms. The number of halogens is 1. The van der Waals surface area contributed by atoms with E-state index in [2.05, 4.69) is 55.1 Å². The number of rotatable bonds is 9. The molecule has 1 saturated heterocycles. The minimum Gasteiger partial charge on any atom is -0.493 e. The first kappa shape index (κ1) is 25.4. The molecule has 180 valence electrons. The molecule has 6 nitrogen and oxygen atoms in total. The number of amides is 1. The van der Waals surface area contributed by atoms with Crippen LogP contribution >= 0.6 is 15.9 Å². The molecule has 0 aliphatic carbocycles. The maximum Gasteiger partial charge on any atom is 0.256 e. The predicted octanol–water partition coefficient (Wildman–Crippen LogP) is 5.67. The fraction of sp³-hybridized carbons (Fsp3) is 0.708. The summed E-state index contributed by atoms with van der Waals surface area (Å²) < 4.78 is 18.2. The second-order valence-corrected chi connectivity index (χ2v) is 15.9. The summed E-state index contributed by atoms with van der Waals surface area (Å²) in [6, 6.07) is 3.87. The van der Waals surface area contributed by atoms with Gasteiger partial charge >= 0.3 is 0 Å². The van der Waals surface area contributed by atoms with Gasteiger partial charge in [0, 0.05) is 24.5 Å². The highest BCUT2D eigenvalue weighted by Crippen LogP contribution is 2.41. The summed E-state index contributed by atoms with van der Waals surface area (Å²) in [5.41, 5.74) is 1.46. The second kappa shape index (κ2) is 10.3. The fourth-order valence-corrected chi connectivity index (χ4v) is 5.84. The van der Waals surface area contributed by atoms with Gasteiger partial charge in [-0.15, -0.1) is 0 Å². The van der Waals surface area contributed by atoms with Gasteiger partial charge in [-0.2, -0.15) is 0 Å². The minimum absolute atomic E-state index is 0.0403. The van der Waals surface area contributed by atoms with Crippen molar-refractivity contribution in [3.05, 3.63) is 17.7 Å². The Bertz CT molecular complexity index is 812. The van der Waals surface area contributed by atoms with Crippen LogP contribution < -0.4 is 14.8 Å². The topological polar surface area (TPSA) is 60.0 Å². The summed E-state index contributed by atoms with van der Waals surface area (Å²) in [4.78, 5) is 15.5. The summed E-state index contributed by atoms with van der Waals surface area (Å²) in [5, 5.41) is 4.66. The van der Waals surface area contributed by atoms with E-state index in [-0.39, 0.29) is 23.1 Å². The molecule has 0 spiro atoms. The van der Waals surface area contributed by atoms with E-state index in [4.69, 9.17) is 13.9 Å². The summed E-state index contributed by atoms with van der Waals surface area (Å²) in [6.45, 7) is 13.3. The van der Waals surface area contributed by atoms with E-state index in [1.807, 2.05) is 17.0 Å². The molecule has 0 aromatic heterocycles. The number of methoxy groups -OCH3 is 1. The number of hydrogen-bond acceptors (Lipinski definition) is 5. The number of nitrogens with one attached hydrogen (secondary N) is 1. The first-order valence-electron chi connectivity index (χ1n) is 11.7. The molecule has 1 amide bonds. The van der Waals surface area contributed by atoms with Crippen LogP contribution in [-0.4, -0.2) is 63.4 Å². The lowest BCUT2D eigenvalue weighted by atomic mass is 10.1. The van der Waals surface area contributed by atoms with Crippen LogP contribution in [0.1, 0.15) is 56.8 Å². The van der Waals surface area contributed by atoms with Crippen LogP contribution in [0.3, 0.4) is 0 Å². The third-order valence-electron chi connectivity index (χ3n) is 7.00. The van der Waals surface area contributed by atoms with E-state index >= 15 is 0 Å². The van der Waals surface area contributed by atoms with Crippen LogP contribution in [0, 0.1) is 0 Å². The number of anilines is 1. The number of carbonyl (C=O) groups is 1. The number of ether oxygens (including phenoxy) is 2. The number of alkyl halides is 1. The van der Waals surface area contributed by atoms with Gasteiger partial charge in [-0.05, 0) is 49.9 Å². The lowest BCUT2D eigenvalue weighted by Gasteiger charge is -2.38. The molecule has 1 aromatic rings. The molecule has 3 rings (SSSR count). The van der Waals surface area contributed by atoms with Gasteiger partial charge in [0.15, 0.2) is 19.8 Å². The zero-order valence-electron chi connectivity index (χ0n) is 20.4. The van der Waals surface area contributed by atoms with Gasteiger partial charge in [0.25, 0.3) is 5.91 Å². The highest BCUT2D eigenvalue weighted by atomic mass is 79.9. The highest BCUT2D eigenvalue weighted by molar-refractivity contribution is 9.09. The van der Waals surface area contributed by atoms with Gasteiger partial charge in [-0.1, -0.05) is 36.7 Å². The van der Waals surface area contributed by atoms with Crippen LogP contribution in [0.15, 0.2) is 12.1 Å². The maximum atomic E-state index is 13.5. The molecule has 1 fully saturated rings. The van der Waals surface area contributed by atoms with Crippen LogP contribution in [0.2, 0.25) is 18.1 Å². The van der Waals surface area contributed by atoms with Crippen LogP contribution in [0.5, 0.6) is 11.5 Å². The van der Waals surface area contributed by atoms with E-state index in [1.54, 1.807) is 7.11 Å². The molecule has 2 heterocycles. The normalized spacial score (nSPS) is 21.0. The Kier molecular flexibility index (Phi) is 8.20. The van der Waals surface area contributed by atoms with Crippen molar-refractivity contribution in [1.29, 1.82) is 0 Å². The van der Waals surface area contributed by atoms with E-state index in [1.165, 1.54) is 0 Å². The molecule has 2 aliphatic heterocycles. The Hall–Kier alpha value is -1.25. The monoisotopic (exact) mass is 526 g/mol. The molecule has 0 bridgehead atoms. The second-order valence-electron chi connectivity index (χ2n) is 10.4. The average molecular weight is 528 g/mol. The zero-order chi connectivity index (χ0) is 23.5. The first-order valence-corrected chi connectivity index (χ1v) is 15.7. The number of unbranched alkanes of at least 4 members (excludes halogenated alkanes) is 2. The maximum absolute atomic E-state index is 13.5. The SMILES string of the molecule is COc1cc2c(cc1OCCCCCBr)NCC1CC(O[Si](C)(C)C(C)(C)C)CN1C2=O. The van der Waals surface area contributed by atoms with Gasteiger partial charge in [0.05, 0.1) is 37.1 Å². The molecular weight excluding hydrogens is 488 g/mol. The van der Waals surface area contributed by atoms with E-state index in [9.17, 15) is 4.79 Å². The number of benzene rings is 1. The summed E-state index contributed by atoms with van der Waals surface area (Å²) in [6.07, 6.45) is 4.20. The van der Waals surface area contributed by atoms with Gasteiger partial charge in [-0.3, -0.25) is 4.79 Å². The lowest BCUT2D eigenvalue weighted by molar-refractivity contribution is 0.0731. The predicted molar refractivity (Wildman–Crippen MR) is 136 cm³/mol. The molecule has 1 N–H and O–H groups in total. The van der Waals surface area contributed by atoms with Crippen molar-refractivity contribution in [2.24, 2.45) is 0 Å². The van der Waals surface area contributed by atoms with Crippen molar-refractivity contribution in [1.82, 2.24) is 4.90 Å². The molecular formula is C24H39BrN2O4Si. The third-order valence-corrected chi connectivity index (χ3v) is 12.1. The fourth-order valence-electron chi connectivity index (χ4n) is 4.09. The van der Waals surface area contributed by atoms with Gasteiger partial charge in [0.2, 0.25) is 0 Å². The zero-order valence-corrected chi connectivity index (χ0v) is 23.0. The van der Waals surface area contributed by atoms with E-state index in [0.29, 0.717) is 36.8 Å². The van der Waals surface area contributed by atoms with E-state index in [0.717, 1.165) is 36.7 Å². The van der Waals surface area contributed by atoms with Crippen LogP contribution in [-0.2, 0) is 4.43 Å². The van der Waals surface area contributed by atoms with Crippen LogP contribution in [0.4, 0.5) is 5.69 Å². The molecule has 2 atom stereocenters. The standard InChI is InChI=1S/C24H39BrN2O4Si/c1-24(2,3)32(5,6)31-18-12-17-15-26-20-14-22(30-11-9-7-8-10-25)21(29-4)13-19(20)23(28)27(17)16-18/h13-14,17-18,26H,7-12,15-16H2,1-6H3. The van der Waals surface area contributed by atoms with Gasteiger partial charge in [0.1, 0.15) is 0 Å². The number of fused-ring (bicyclic) bond motifs is 2. The summed E-state index contributed by atoms with van der Waals surface area (Å²) in [7, 11) is -0.261. The largest absolute Gasteiger partial charge is 0.493 e. The number of carbonyl (C=O) groups excluding carboxylic acids is 1. The molecule has 32 heavy (non-hydrogen) atoms. The van der Waals surface area contributed by atoms with E-state index < -0.39 is 8.32 Å². The van der Waals surface area contributed by atoms with Crippen molar-refractivity contribution in [3.8, 4) is 11.5 Å². The summed E-state index contributed by atoms with van der Waals surface area (Å²) >= 11 is 3.46. The van der Waals surface area contributed by atoms with Crippen molar-refractivity contribution in [2.75, 3.05) is 37.5 Å². The molecule has 1 aromatic carbocycles. The van der Waals surface area contributed by atoms with Crippen molar-refractivity contribution in [2.45, 2.75) is 76.7 Å². The summed E-state index contributed by atoms with van der Waals surface area (Å²) in [5.74, 6) is 1.33. The molecule has 0 saturated carbocycles. The average Bonchev–Trinajstić information content (AvgIpc) is 3.07. The minimum atomic E-state index is -1.88. The smallest absolute Gasteiger partial charge is 0.256 e. The Labute approximate surface area is 202 Å². The van der Waals surface area contributed by atoms with Gasteiger partial charge < -0.3 is 24.1 Å². The Morgan fingerprint density at radius 2 is 1.94 bits per heavy atom. The molecule has 0 radical (unpaired) electrons. The third kappa shape index (κ3) is 5.62. The number of nitrogens with zero attached hydrogens (tertiary/aromatic N) is 1.